The molecule has 0 aliphatic heterocycles. The molecule has 0 amide bonds. The molecule has 1 unspecified atom stereocenters. The highest BCUT2D eigenvalue weighted by atomic mass is 79.9. The maximum Gasteiger partial charge on any atom is 0.149 e. The van der Waals surface area contributed by atoms with Crippen LogP contribution in [0, 0.1) is 5.82 Å². The maximum absolute atomic E-state index is 13.7. The van der Waals surface area contributed by atoms with Gasteiger partial charge < -0.3 is 4.57 Å². The number of halogens is 3. The minimum atomic E-state index is -3.12. The van der Waals surface area contributed by atoms with Gasteiger partial charge in [0.1, 0.15) is 21.5 Å². The Hall–Kier alpha value is -0.660. The first-order valence-corrected chi connectivity index (χ1v) is 9.15. The molecular formula is C12H13BrClFN2O2S. The van der Waals surface area contributed by atoms with Crippen molar-refractivity contribution >= 4 is 48.4 Å². The molecule has 2 rings (SSSR count). The van der Waals surface area contributed by atoms with Gasteiger partial charge >= 0.3 is 0 Å². The van der Waals surface area contributed by atoms with E-state index in [4.69, 9.17) is 11.6 Å². The summed E-state index contributed by atoms with van der Waals surface area (Å²) in [5.41, 5.74) is 1.12. The summed E-state index contributed by atoms with van der Waals surface area (Å²) in [6.45, 7) is 1.94. The second kappa shape index (κ2) is 5.61. The highest BCUT2D eigenvalue weighted by Crippen LogP contribution is 2.28. The molecule has 4 nitrogen and oxygen atoms in total. The average molecular weight is 384 g/mol. The van der Waals surface area contributed by atoms with Gasteiger partial charge in [-0.3, -0.25) is 0 Å². The van der Waals surface area contributed by atoms with Crippen LogP contribution < -0.4 is 0 Å². The second-order valence-corrected chi connectivity index (χ2v) is 8.39. The first-order chi connectivity index (χ1) is 9.19. The van der Waals surface area contributed by atoms with Crippen molar-refractivity contribution in [2.24, 2.45) is 0 Å². The van der Waals surface area contributed by atoms with E-state index in [9.17, 15) is 12.8 Å². The molecule has 0 aliphatic rings. The zero-order valence-electron chi connectivity index (χ0n) is 10.9. The molecule has 0 aliphatic carbocycles. The minimum Gasteiger partial charge on any atom is -0.326 e. The molecular weight excluding hydrogens is 371 g/mol. The summed E-state index contributed by atoms with van der Waals surface area (Å²) in [4.78, 5) is 4.35. The quantitative estimate of drug-likeness (QED) is 0.761. The van der Waals surface area contributed by atoms with E-state index in [1.807, 2.05) is 0 Å². The van der Waals surface area contributed by atoms with Gasteiger partial charge in [-0.1, -0.05) is 0 Å². The van der Waals surface area contributed by atoms with E-state index in [0.29, 0.717) is 21.3 Å². The molecule has 0 saturated carbocycles. The summed E-state index contributed by atoms with van der Waals surface area (Å²) < 4.78 is 38.3. The predicted octanol–water partition coefficient (Wildman–Crippen LogP) is 3.28. The maximum atomic E-state index is 13.7. The summed E-state index contributed by atoms with van der Waals surface area (Å²) in [5.74, 6) is 0.0573. The SMILES string of the molecule is CC(Cl)c1nc2cc(Br)c(F)cc2n1CCS(C)(=O)=O. The zero-order valence-corrected chi connectivity index (χ0v) is 14.1. The number of hydrogen-bond donors (Lipinski definition) is 0. The van der Waals surface area contributed by atoms with Crippen LogP contribution in [0.25, 0.3) is 11.0 Å². The van der Waals surface area contributed by atoms with E-state index in [1.54, 1.807) is 17.6 Å². The van der Waals surface area contributed by atoms with Gasteiger partial charge in [-0.2, -0.15) is 0 Å². The largest absolute Gasteiger partial charge is 0.326 e. The Balaban J connectivity index is 2.59. The standard InChI is InChI=1S/C12H13BrClFN2O2S/c1-7(14)12-16-10-5-8(13)9(15)6-11(10)17(12)3-4-20(2,18)19/h5-7H,3-4H2,1-2H3. The molecule has 1 atom stereocenters. The van der Waals surface area contributed by atoms with Crippen LogP contribution in [-0.4, -0.2) is 30.0 Å². The molecule has 0 bridgehead atoms. The topological polar surface area (TPSA) is 52.0 Å². The molecule has 1 aromatic carbocycles. The molecule has 8 heteroatoms. The Morgan fingerprint density at radius 2 is 2.15 bits per heavy atom. The van der Waals surface area contributed by atoms with Gasteiger partial charge in [-0.25, -0.2) is 17.8 Å². The van der Waals surface area contributed by atoms with Gasteiger partial charge in [-0.05, 0) is 28.9 Å². The first kappa shape index (κ1) is 15.7. The average Bonchev–Trinajstić information content (AvgIpc) is 2.64. The van der Waals surface area contributed by atoms with Crippen molar-refractivity contribution < 1.29 is 12.8 Å². The van der Waals surface area contributed by atoms with Gasteiger partial charge in [0.05, 0.1) is 26.6 Å². The van der Waals surface area contributed by atoms with E-state index in [2.05, 4.69) is 20.9 Å². The molecule has 20 heavy (non-hydrogen) atoms. The van der Waals surface area contributed by atoms with Crippen LogP contribution in [0.5, 0.6) is 0 Å². The van der Waals surface area contributed by atoms with E-state index in [1.165, 1.54) is 6.07 Å². The lowest BCUT2D eigenvalue weighted by atomic mass is 10.3. The number of imidazole rings is 1. The van der Waals surface area contributed by atoms with Crippen molar-refractivity contribution in [3.05, 3.63) is 28.2 Å². The summed E-state index contributed by atoms with van der Waals surface area (Å²) >= 11 is 9.18. The van der Waals surface area contributed by atoms with Crippen molar-refractivity contribution in [3.8, 4) is 0 Å². The van der Waals surface area contributed by atoms with Crippen molar-refractivity contribution in [1.82, 2.24) is 9.55 Å². The number of aryl methyl sites for hydroxylation is 1. The van der Waals surface area contributed by atoms with Gasteiger partial charge in [-0.15, -0.1) is 11.6 Å². The number of nitrogens with zero attached hydrogens (tertiary/aromatic N) is 2. The van der Waals surface area contributed by atoms with E-state index < -0.39 is 21.0 Å². The number of hydrogen-bond acceptors (Lipinski definition) is 3. The normalized spacial score (nSPS) is 13.8. The predicted molar refractivity (Wildman–Crippen MR) is 81.4 cm³/mol. The molecule has 2 aromatic rings. The fraction of sp³-hybridized carbons (Fsp3) is 0.417. The van der Waals surface area contributed by atoms with Gasteiger partial charge in [0.15, 0.2) is 0 Å². The Morgan fingerprint density at radius 3 is 2.70 bits per heavy atom. The summed E-state index contributed by atoms with van der Waals surface area (Å²) in [6, 6.07) is 2.89. The fourth-order valence-corrected chi connectivity index (χ4v) is 2.95. The number of alkyl halides is 1. The van der Waals surface area contributed by atoms with Crippen molar-refractivity contribution in [3.63, 3.8) is 0 Å². The monoisotopic (exact) mass is 382 g/mol. The Kier molecular flexibility index (Phi) is 4.41. The highest BCUT2D eigenvalue weighted by molar-refractivity contribution is 9.10. The molecule has 0 saturated heterocycles. The van der Waals surface area contributed by atoms with Crippen LogP contribution in [0.3, 0.4) is 0 Å². The Labute approximate surface area is 130 Å². The third-order valence-electron chi connectivity index (χ3n) is 2.86. The van der Waals surface area contributed by atoms with Gasteiger partial charge in [0.25, 0.3) is 0 Å². The molecule has 0 spiro atoms. The first-order valence-electron chi connectivity index (χ1n) is 5.86. The molecule has 0 N–H and O–H groups in total. The molecule has 1 heterocycles. The zero-order chi connectivity index (χ0) is 15.1. The van der Waals surface area contributed by atoms with E-state index >= 15 is 0 Å². The summed E-state index contributed by atoms with van der Waals surface area (Å²) in [6.07, 6.45) is 1.16. The lowest BCUT2D eigenvalue weighted by Gasteiger charge is -2.09. The van der Waals surface area contributed by atoms with Crippen LogP contribution in [0.2, 0.25) is 0 Å². The van der Waals surface area contributed by atoms with Gasteiger partial charge in [0.2, 0.25) is 0 Å². The lowest BCUT2D eigenvalue weighted by Crippen LogP contribution is -2.13. The smallest absolute Gasteiger partial charge is 0.149 e. The van der Waals surface area contributed by atoms with Crippen LogP contribution in [-0.2, 0) is 16.4 Å². The van der Waals surface area contributed by atoms with E-state index in [-0.39, 0.29) is 12.3 Å². The van der Waals surface area contributed by atoms with Crippen LogP contribution in [0.4, 0.5) is 4.39 Å². The van der Waals surface area contributed by atoms with Crippen LogP contribution >= 0.6 is 27.5 Å². The number of fused-ring (bicyclic) bond motifs is 1. The Morgan fingerprint density at radius 1 is 1.50 bits per heavy atom. The van der Waals surface area contributed by atoms with Crippen molar-refractivity contribution in [2.45, 2.75) is 18.8 Å². The van der Waals surface area contributed by atoms with Gasteiger partial charge in [0, 0.05) is 18.9 Å². The molecule has 1 aromatic heterocycles. The molecule has 110 valence electrons. The minimum absolute atomic E-state index is 0.0489. The number of sulfone groups is 1. The summed E-state index contributed by atoms with van der Waals surface area (Å²) in [7, 11) is -3.12. The number of rotatable bonds is 4. The van der Waals surface area contributed by atoms with Crippen molar-refractivity contribution in [1.29, 1.82) is 0 Å². The second-order valence-electron chi connectivity index (χ2n) is 4.62. The third-order valence-corrected chi connectivity index (χ3v) is 4.59. The molecule has 0 fully saturated rings. The number of aromatic nitrogens is 2. The lowest BCUT2D eigenvalue weighted by molar-refractivity contribution is 0.593. The molecule has 0 radical (unpaired) electrons. The highest BCUT2D eigenvalue weighted by Gasteiger charge is 2.17. The Bertz CT molecular complexity index is 758. The number of benzene rings is 1. The van der Waals surface area contributed by atoms with Crippen LogP contribution in [0.15, 0.2) is 16.6 Å². The third kappa shape index (κ3) is 3.32. The summed E-state index contributed by atoms with van der Waals surface area (Å²) in [5, 5.41) is -0.399. The van der Waals surface area contributed by atoms with Crippen molar-refractivity contribution in [2.75, 3.05) is 12.0 Å². The van der Waals surface area contributed by atoms with Crippen LogP contribution in [0.1, 0.15) is 18.1 Å². The fourth-order valence-electron chi connectivity index (χ4n) is 1.93. The van der Waals surface area contributed by atoms with E-state index in [0.717, 1.165) is 6.26 Å².